The molecule has 0 bridgehead atoms. The van der Waals surface area contributed by atoms with Crippen LogP contribution in [0.15, 0.2) is 29.1 Å². The monoisotopic (exact) mass is 276 g/mol. The van der Waals surface area contributed by atoms with Gasteiger partial charge in [0.15, 0.2) is 0 Å². The first-order valence-electron chi connectivity index (χ1n) is 4.90. The van der Waals surface area contributed by atoms with E-state index in [-0.39, 0.29) is 11.3 Å². The van der Waals surface area contributed by atoms with Crippen LogP contribution in [0.2, 0.25) is 0 Å². The van der Waals surface area contributed by atoms with Crippen LogP contribution in [0.4, 0.5) is 17.6 Å². The number of nitrogens with two attached hydrogens (primary N) is 1. The minimum atomic E-state index is -4.45. The van der Waals surface area contributed by atoms with E-state index in [1.165, 1.54) is 11.4 Å². The molecule has 2 aromatic rings. The van der Waals surface area contributed by atoms with Crippen molar-refractivity contribution in [1.82, 2.24) is 4.98 Å². The van der Waals surface area contributed by atoms with Gasteiger partial charge in [-0.25, -0.2) is 4.39 Å². The second-order valence-electron chi connectivity index (χ2n) is 3.62. The number of alkyl halides is 3. The van der Waals surface area contributed by atoms with Crippen LogP contribution >= 0.6 is 11.3 Å². The van der Waals surface area contributed by atoms with Gasteiger partial charge >= 0.3 is 6.18 Å². The van der Waals surface area contributed by atoms with Crippen LogP contribution in [0.5, 0.6) is 0 Å². The van der Waals surface area contributed by atoms with E-state index in [4.69, 9.17) is 5.73 Å². The Labute approximate surface area is 104 Å². The summed E-state index contributed by atoms with van der Waals surface area (Å²) in [6, 6.07) is 1.37. The number of hydrogen-bond acceptors (Lipinski definition) is 3. The molecule has 0 aliphatic carbocycles. The first-order valence-corrected chi connectivity index (χ1v) is 5.84. The maximum absolute atomic E-state index is 12.7. The molecule has 2 nitrogen and oxygen atoms in total. The smallest absolute Gasteiger partial charge is 0.319 e. The Bertz CT molecular complexity index is 533. The first-order chi connectivity index (χ1) is 8.39. The number of thiophene rings is 1. The van der Waals surface area contributed by atoms with Crippen molar-refractivity contribution in [3.8, 4) is 0 Å². The van der Waals surface area contributed by atoms with Gasteiger partial charge in [0.05, 0.1) is 23.5 Å². The zero-order chi connectivity index (χ0) is 13.3. The molecule has 96 valence electrons. The Kier molecular flexibility index (Phi) is 3.36. The summed E-state index contributed by atoms with van der Waals surface area (Å²) in [6.45, 7) is 0. The van der Waals surface area contributed by atoms with E-state index in [2.05, 4.69) is 4.98 Å². The van der Waals surface area contributed by atoms with Crippen molar-refractivity contribution in [2.45, 2.75) is 12.2 Å². The second kappa shape index (κ2) is 4.66. The number of halogens is 4. The molecule has 18 heavy (non-hydrogen) atoms. The molecule has 0 radical (unpaired) electrons. The molecular weight excluding hydrogens is 268 g/mol. The van der Waals surface area contributed by atoms with Crippen LogP contribution in [0.1, 0.15) is 22.9 Å². The highest BCUT2D eigenvalue weighted by Crippen LogP contribution is 2.37. The fourth-order valence-corrected chi connectivity index (χ4v) is 2.40. The SMILES string of the molecule is NC(c1ccc(F)cn1)c1cscc1C(F)(F)F. The number of rotatable bonds is 2. The van der Waals surface area contributed by atoms with E-state index in [1.54, 1.807) is 0 Å². The Morgan fingerprint density at radius 2 is 1.94 bits per heavy atom. The number of hydrogen-bond donors (Lipinski definition) is 1. The normalized spacial score (nSPS) is 13.6. The molecule has 0 aromatic carbocycles. The molecule has 7 heteroatoms. The highest BCUT2D eigenvalue weighted by Gasteiger charge is 2.35. The van der Waals surface area contributed by atoms with E-state index >= 15 is 0 Å². The predicted molar refractivity (Wildman–Crippen MR) is 59.5 cm³/mol. The average Bonchev–Trinajstić information content (AvgIpc) is 2.77. The van der Waals surface area contributed by atoms with Crippen LogP contribution in [0.25, 0.3) is 0 Å². The summed E-state index contributed by atoms with van der Waals surface area (Å²) in [6.07, 6.45) is -3.53. The summed E-state index contributed by atoms with van der Waals surface area (Å²) in [5.74, 6) is -0.563. The first kappa shape index (κ1) is 13.0. The lowest BCUT2D eigenvalue weighted by atomic mass is 10.0. The minimum absolute atomic E-state index is 0.0494. The van der Waals surface area contributed by atoms with Gasteiger partial charge < -0.3 is 5.73 Å². The van der Waals surface area contributed by atoms with Gasteiger partial charge in [-0.15, -0.1) is 0 Å². The molecule has 0 aliphatic heterocycles. The van der Waals surface area contributed by atoms with Crippen molar-refractivity contribution in [1.29, 1.82) is 0 Å². The van der Waals surface area contributed by atoms with Gasteiger partial charge in [0.25, 0.3) is 0 Å². The molecule has 2 rings (SSSR count). The molecule has 1 atom stereocenters. The van der Waals surface area contributed by atoms with Crippen molar-refractivity contribution in [3.05, 3.63) is 51.7 Å². The average molecular weight is 276 g/mol. The van der Waals surface area contributed by atoms with Gasteiger partial charge in [0, 0.05) is 5.38 Å². The van der Waals surface area contributed by atoms with E-state index in [9.17, 15) is 17.6 Å². The van der Waals surface area contributed by atoms with Gasteiger partial charge in [-0.05, 0) is 23.1 Å². The van der Waals surface area contributed by atoms with Crippen molar-refractivity contribution < 1.29 is 17.6 Å². The summed E-state index contributed by atoms with van der Waals surface area (Å²) >= 11 is 0.917. The maximum atomic E-state index is 12.7. The Morgan fingerprint density at radius 3 is 2.50 bits per heavy atom. The minimum Gasteiger partial charge on any atom is -0.319 e. The van der Waals surface area contributed by atoms with Gasteiger partial charge in [-0.1, -0.05) is 0 Å². The maximum Gasteiger partial charge on any atom is 0.417 e. The van der Waals surface area contributed by atoms with Crippen LogP contribution in [0, 0.1) is 5.82 Å². The molecular formula is C11H8F4N2S. The third kappa shape index (κ3) is 2.51. The number of pyridine rings is 1. The fourth-order valence-electron chi connectivity index (χ4n) is 1.51. The Morgan fingerprint density at radius 1 is 1.22 bits per heavy atom. The van der Waals surface area contributed by atoms with Gasteiger partial charge in [0.1, 0.15) is 5.82 Å². The van der Waals surface area contributed by atoms with Crippen LogP contribution in [0.3, 0.4) is 0 Å². The predicted octanol–water partition coefficient (Wildman–Crippen LogP) is 3.35. The van der Waals surface area contributed by atoms with Gasteiger partial charge in [-0.3, -0.25) is 4.98 Å². The zero-order valence-corrected chi connectivity index (χ0v) is 9.73. The summed E-state index contributed by atoms with van der Waals surface area (Å²) in [5, 5.41) is 2.33. The van der Waals surface area contributed by atoms with Gasteiger partial charge in [0.2, 0.25) is 0 Å². The highest BCUT2D eigenvalue weighted by molar-refractivity contribution is 7.08. The molecule has 2 N–H and O–H groups in total. The van der Waals surface area contributed by atoms with Crippen molar-refractivity contribution in [2.75, 3.05) is 0 Å². The van der Waals surface area contributed by atoms with Crippen molar-refractivity contribution >= 4 is 11.3 Å². The zero-order valence-electron chi connectivity index (χ0n) is 8.91. The molecule has 0 aliphatic rings. The third-order valence-electron chi connectivity index (χ3n) is 2.40. The summed E-state index contributed by atoms with van der Waals surface area (Å²) in [5.41, 5.74) is 5.10. The van der Waals surface area contributed by atoms with E-state index in [0.717, 1.165) is 29.0 Å². The van der Waals surface area contributed by atoms with Crippen molar-refractivity contribution in [3.63, 3.8) is 0 Å². The third-order valence-corrected chi connectivity index (χ3v) is 3.16. The lowest BCUT2D eigenvalue weighted by molar-refractivity contribution is -0.138. The quantitative estimate of drug-likeness (QED) is 0.854. The van der Waals surface area contributed by atoms with Crippen LogP contribution in [-0.4, -0.2) is 4.98 Å². The molecule has 0 spiro atoms. The lowest BCUT2D eigenvalue weighted by Gasteiger charge is -2.14. The summed E-state index contributed by atoms with van der Waals surface area (Å²) in [7, 11) is 0. The van der Waals surface area contributed by atoms with Crippen molar-refractivity contribution in [2.24, 2.45) is 5.73 Å². The molecule has 2 aromatic heterocycles. The molecule has 1 unspecified atom stereocenters. The molecule has 0 saturated heterocycles. The topological polar surface area (TPSA) is 38.9 Å². The molecule has 0 saturated carbocycles. The van der Waals surface area contributed by atoms with Crippen LogP contribution < -0.4 is 5.73 Å². The fraction of sp³-hybridized carbons (Fsp3) is 0.182. The highest BCUT2D eigenvalue weighted by atomic mass is 32.1. The second-order valence-corrected chi connectivity index (χ2v) is 4.36. The number of aromatic nitrogens is 1. The molecule has 2 heterocycles. The van der Waals surface area contributed by atoms with E-state index in [0.29, 0.717) is 0 Å². The Hall–Kier alpha value is -1.47. The Balaban J connectivity index is 2.37. The summed E-state index contributed by atoms with van der Waals surface area (Å²) in [4.78, 5) is 3.69. The molecule has 0 amide bonds. The van der Waals surface area contributed by atoms with E-state index < -0.39 is 23.6 Å². The standard InChI is InChI=1S/C11H8F4N2S/c12-6-1-2-9(17-3-6)10(16)7-4-18-5-8(7)11(13,14)15/h1-5,10H,16H2. The largest absolute Gasteiger partial charge is 0.417 e. The van der Waals surface area contributed by atoms with Crippen LogP contribution in [-0.2, 0) is 6.18 Å². The molecule has 0 fully saturated rings. The van der Waals surface area contributed by atoms with E-state index in [1.807, 2.05) is 0 Å². The van der Waals surface area contributed by atoms with Gasteiger partial charge in [-0.2, -0.15) is 24.5 Å². The summed E-state index contributed by atoms with van der Waals surface area (Å²) < 4.78 is 50.8. The number of nitrogens with zero attached hydrogens (tertiary/aromatic N) is 1. The lowest BCUT2D eigenvalue weighted by Crippen LogP contribution is -2.17.